The molecule has 1 N–H and O–H groups in total. The summed E-state index contributed by atoms with van der Waals surface area (Å²) in [7, 11) is 0. The smallest absolute Gasteiger partial charge is 0.244 e. The zero-order chi connectivity index (χ0) is 11.8. The third-order valence-electron chi connectivity index (χ3n) is 2.98. The molecule has 0 amide bonds. The molecule has 0 radical (unpaired) electrons. The van der Waals surface area contributed by atoms with E-state index in [4.69, 9.17) is 4.52 Å². The van der Waals surface area contributed by atoms with Crippen molar-refractivity contribution in [3.05, 3.63) is 35.5 Å². The Hall–Kier alpha value is -1.46. The van der Waals surface area contributed by atoms with Crippen LogP contribution in [0.25, 0.3) is 11.4 Å². The molecule has 0 saturated carbocycles. The SMILES string of the molecule is Cc1cc(-c2noc([C@H]3CCN3)n2)ccc1F.Cl. The summed E-state index contributed by atoms with van der Waals surface area (Å²) in [5.74, 6) is 0.892. The molecule has 1 aliphatic heterocycles. The van der Waals surface area contributed by atoms with E-state index in [9.17, 15) is 4.39 Å². The molecule has 1 atom stereocenters. The maximum Gasteiger partial charge on any atom is 0.244 e. The standard InChI is InChI=1S/C12H12FN3O.ClH/c1-7-6-8(2-3-9(7)13)11-15-12(17-16-11)10-4-5-14-10;/h2-3,6,10,14H,4-5H2,1H3;1H/t10-;/m1./s1. The molecule has 4 nitrogen and oxygen atoms in total. The third kappa shape index (κ3) is 2.23. The highest BCUT2D eigenvalue weighted by molar-refractivity contribution is 5.85. The molecule has 1 aromatic carbocycles. The van der Waals surface area contributed by atoms with Gasteiger partial charge in [0.25, 0.3) is 0 Å². The quantitative estimate of drug-likeness (QED) is 0.911. The first kappa shape index (κ1) is 13.0. The van der Waals surface area contributed by atoms with Gasteiger partial charge in [0.15, 0.2) is 0 Å². The summed E-state index contributed by atoms with van der Waals surface area (Å²) in [6, 6.07) is 4.98. The highest BCUT2D eigenvalue weighted by Crippen LogP contribution is 2.24. The van der Waals surface area contributed by atoms with E-state index in [1.54, 1.807) is 19.1 Å². The van der Waals surface area contributed by atoms with E-state index in [1.807, 2.05) is 0 Å². The molecule has 1 saturated heterocycles. The zero-order valence-electron chi connectivity index (χ0n) is 9.81. The Balaban J connectivity index is 0.00000120. The van der Waals surface area contributed by atoms with Crippen molar-refractivity contribution in [2.75, 3.05) is 6.54 Å². The van der Waals surface area contributed by atoms with E-state index in [0.717, 1.165) is 18.5 Å². The summed E-state index contributed by atoms with van der Waals surface area (Å²) in [5.41, 5.74) is 1.36. The van der Waals surface area contributed by atoms with Crippen LogP contribution in [0.15, 0.2) is 22.7 Å². The maximum absolute atomic E-state index is 13.1. The fourth-order valence-corrected chi connectivity index (χ4v) is 1.78. The number of halogens is 2. The van der Waals surface area contributed by atoms with Gasteiger partial charge in [-0.15, -0.1) is 12.4 Å². The summed E-state index contributed by atoms with van der Waals surface area (Å²) in [4.78, 5) is 4.31. The van der Waals surface area contributed by atoms with Gasteiger partial charge in [0.2, 0.25) is 11.7 Å². The Morgan fingerprint density at radius 3 is 2.83 bits per heavy atom. The lowest BCUT2D eigenvalue weighted by atomic mass is 10.1. The summed E-state index contributed by atoms with van der Waals surface area (Å²) >= 11 is 0. The summed E-state index contributed by atoms with van der Waals surface area (Å²) in [5, 5.41) is 7.10. The van der Waals surface area contributed by atoms with Gasteiger partial charge in [-0.05, 0) is 43.7 Å². The van der Waals surface area contributed by atoms with E-state index in [1.165, 1.54) is 6.07 Å². The van der Waals surface area contributed by atoms with Crippen molar-refractivity contribution in [2.45, 2.75) is 19.4 Å². The number of hydrogen-bond acceptors (Lipinski definition) is 4. The van der Waals surface area contributed by atoms with E-state index >= 15 is 0 Å². The van der Waals surface area contributed by atoms with Crippen LogP contribution in [0.5, 0.6) is 0 Å². The predicted molar refractivity (Wildman–Crippen MR) is 67.0 cm³/mol. The fraction of sp³-hybridized carbons (Fsp3) is 0.333. The van der Waals surface area contributed by atoms with Crippen molar-refractivity contribution in [1.82, 2.24) is 15.5 Å². The van der Waals surface area contributed by atoms with Gasteiger partial charge < -0.3 is 9.84 Å². The lowest BCUT2D eigenvalue weighted by molar-refractivity contribution is 0.273. The van der Waals surface area contributed by atoms with Crippen LogP contribution in [-0.4, -0.2) is 16.7 Å². The number of aromatic nitrogens is 2. The number of nitrogens with zero attached hydrogens (tertiary/aromatic N) is 2. The molecule has 96 valence electrons. The van der Waals surface area contributed by atoms with Gasteiger partial charge in [0.1, 0.15) is 5.82 Å². The lowest BCUT2D eigenvalue weighted by Gasteiger charge is -2.23. The Kier molecular flexibility index (Phi) is 3.63. The molecular weight excluding hydrogens is 257 g/mol. The average Bonchev–Trinajstić information content (AvgIpc) is 2.69. The second-order valence-electron chi connectivity index (χ2n) is 4.22. The molecular formula is C12H13ClFN3O. The van der Waals surface area contributed by atoms with Crippen molar-refractivity contribution < 1.29 is 8.91 Å². The Bertz CT molecular complexity index is 554. The minimum Gasteiger partial charge on any atom is -0.337 e. The highest BCUT2D eigenvalue weighted by Gasteiger charge is 2.24. The van der Waals surface area contributed by atoms with Crippen molar-refractivity contribution in [3.63, 3.8) is 0 Å². The number of nitrogens with one attached hydrogen (secondary N) is 1. The van der Waals surface area contributed by atoms with Crippen LogP contribution in [0.4, 0.5) is 4.39 Å². The van der Waals surface area contributed by atoms with Crippen LogP contribution in [0.1, 0.15) is 23.9 Å². The Labute approximate surface area is 110 Å². The van der Waals surface area contributed by atoms with Gasteiger partial charge in [-0.25, -0.2) is 4.39 Å². The molecule has 1 fully saturated rings. The Morgan fingerprint density at radius 2 is 2.22 bits per heavy atom. The van der Waals surface area contributed by atoms with Gasteiger partial charge in [-0.2, -0.15) is 4.98 Å². The topological polar surface area (TPSA) is 51.0 Å². The Morgan fingerprint density at radius 1 is 1.44 bits per heavy atom. The van der Waals surface area contributed by atoms with Crippen LogP contribution in [0.2, 0.25) is 0 Å². The number of aryl methyl sites for hydroxylation is 1. The largest absolute Gasteiger partial charge is 0.337 e. The second kappa shape index (κ2) is 5.04. The van der Waals surface area contributed by atoms with Crippen molar-refractivity contribution in [3.8, 4) is 11.4 Å². The van der Waals surface area contributed by atoms with Gasteiger partial charge in [0, 0.05) is 5.56 Å². The van der Waals surface area contributed by atoms with E-state index in [0.29, 0.717) is 17.3 Å². The van der Waals surface area contributed by atoms with E-state index < -0.39 is 0 Å². The van der Waals surface area contributed by atoms with Crippen LogP contribution in [0, 0.1) is 12.7 Å². The molecule has 1 aromatic heterocycles. The fourth-order valence-electron chi connectivity index (χ4n) is 1.78. The first-order valence-electron chi connectivity index (χ1n) is 5.57. The van der Waals surface area contributed by atoms with Gasteiger partial charge in [-0.3, -0.25) is 0 Å². The van der Waals surface area contributed by atoms with Crippen LogP contribution < -0.4 is 5.32 Å². The molecule has 1 aliphatic rings. The summed E-state index contributed by atoms with van der Waals surface area (Å²) < 4.78 is 18.3. The van der Waals surface area contributed by atoms with Crippen molar-refractivity contribution >= 4 is 12.4 Å². The first-order chi connectivity index (χ1) is 8.24. The third-order valence-corrected chi connectivity index (χ3v) is 2.98. The zero-order valence-corrected chi connectivity index (χ0v) is 10.6. The van der Waals surface area contributed by atoms with E-state index in [-0.39, 0.29) is 24.3 Å². The number of rotatable bonds is 2. The maximum atomic E-state index is 13.1. The number of benzene rings is 1. The molecule has 18 heavy (non-hydrogen) atoms. The molecule has 3 rings (SSSR count). The molecule has 6 heteroatoms. The minimum atomic E-state index is -0.224. The van der Waals surface area contributed by atoms with Gasteiger partial charge in [0.05, 0.1) is 6.04 Å². The monoisotopic (exact) mass is 269 g/mol. The normalized spacial score (nSPS) is 18.0. The lowest BCUT2D eigenvalue weighted by Crippen LogP contribution is -2.35. The van der Waals surface area contributed by atoms with Crippen LogP contribution in [0.3, 0.4) is 0 Å². The summed E-state index contributed by atoms with van der Waals surface area (Å²) in [6.45, 7) is 2.70. The molecule has 0 spiro atoms. The second-order valence-corrected chi connectivity index (χ2v) is 4.22. The summed E-state index contributed by atoms with van der Waals surface area (Å²) in [6.07, 6.45) is 1.02. The van der Waals surface area contributed by atoms with E-state index in [2.05, 4.69) is 15.5 Å². The number of hydrogen-bond donors (Lipinski definition) is 1. The molecule has 2 heterocycles. The van der Waals surface area contributed by atoms with Crippen LogP contribution in [-0.2, 0) is 0 Å². The highest BCUT2D eigenvalue weighted by atomic mass is 35.5. The van der Waals surface area contributed by atoms with Gasteiger partial charge >= 0.3 is 0 Å². The first-order valence-corrected chi connectivity index (χ1v) is 5.57. The molecule has 0 unspecified atom stereocenters. The van der Waals surface area contributed by atoms with Crippen molar-refractivity contribution in [1.29, 1.82) is 0 Å². The van der Waals surface area contributed by atoms with Crippen LogP contribution >= 0.6 is 12.4 Å². The molecule has 2 aromatic rings. The predicted octanol–water partition coefficient (Wildman–Crippen LogP) is 2.64. The molecule has 0 bridgehead atoms. The van der Waals surface area contributed by atoms with Crippen molar-refractivity contribution in [2.24, 2.45) is 0 Å². The molecule has 0 aliphatic carbocycles. The average molecular weight is 270 g/mol. The van der Waals surface area contributed by atoms with Gasteiger partial charge in [-0.1, -0.05) is 5.16 Å². The minimum absolute atomic E-state index is 0.